The molecule has 6 heteroatoms. The van der Waals surface area contributed by atoms with E-state index in [-0.39, 0.29) is 24.5 Å². The Bertz CT molecular complexity index is 641. The Morgan fingerprint density at radius 1 is 1.26 bits per heavy atom. The van der Waals surface area contributed by atoms with Gasteiger partial charge in [0, 0.05) is 24.7 Å². The van der Waals surface area contributed by atoms with Crippen LogP contribution in [0.4, 0.5) is 4.79 Å². The molecule has 0 aromatic heterocycles. The van der Waals surface area contributed by atoms with Gasteiger partial charge in [0.05, 0.1) is 6.10 Å². The van der Waals surface area contributed by atoms with Gasteiger partial charge in [-0.3, -0.25) is 0 Å². The second-order valence-corrected chi connectivity index (χ2v) is 7.71. The third-order valence-corrected chi connectivity index (χ3v) is 5.67. The van der Waals surface area contributed by atoms with Crippen LogP contribution in [0.25, 0.3) is 0 Å². The van der Waals surface area contributed by atoms with Gasteiger partial charge in [0.15, 0.2) is 0 Å². The number of rotatable bonds is 6. The highest BCUT2D eigenvalue weighted by Gasteiger charge is 2.30. The number of hydrogen-bond donors (Lipinski definition) is 0. The summed E-state index contributed by atoms with van der Waals surface area (Å²) >= 11 is 5.86. The van der Waals surface area contributed by atoms with Crippen LogP contribution in [0.1, 0.15) is 45.4 Å². The van der Waals surface area contributed by atoms with Crippen molar-refractivity contribution in [1.29, 1.82) is 0 Å². The molecule has 1 aliphatic heterocycles. The van der Waals surface area contributed by atoms with Crippen molar-refractivity contribution in [2.24, 2.45) is 0 Å². The summed E-state index contributed by atoms with van der Waals surface area (Å²) in [5.74, 6) is 0.512. The van der Waals surface area contributed by atoms with Crippen molar-refractivity contribution in [2.45, 2.75) is 63.8 Å². The van der Waals surface area contributed by atoms with Gasteiger partial charge in [0.1, 0.15) is 12.0 Å². The molecule has 1 heterocycles. The van der Waals surface area contributed by atoms with Crippen LogP contribution in [-0.2, 0) is 4.74 Å². The highest BCUT2D eigenvalue weighted by Crippen LogP contribution is 2.28. The van der Waals surface area contributed by atoms with Crippen LogP contribution < -0.4 is 4.74 Å². The summed E-state index contributed by atoms with van der Waals surface area (Å²) in [4.78, 5) is 16.4. The number of ether oxygens (including phenoxy) is 2. The molecule has 1 aromatic carbocycles. The molecule has 0 saturated heterocycles. The van der Waals surface area contributed by atoms with E-state index in [0.29, 0.717) is 10.8 Å². The Morgan fingerprint density at radius 2 is 1.96 bits per heavy atom. The van der Waals surface area contributed by atoms with Crippen LogP contribution in [0.5, 0.6) is 5.75 Å². The van der Waals surface area contributed by atoms with Crippen LogP contribution in [0.15, 0.2) is 36.5 Å². The maximum Gasteiger partial charge on any atom is 0.415 e. The van der Waals surface area contributed by atoms with Crippen molar-refractivity contribution in [3.05, 3.63) is 41.6 Å². The van der Waals surface area contributed by atoms with Crippen LogP contribution in [0, 0.1) is 0 Å². The second-order valence-electron chi connectivity index (χ2n) is 7.27. The molecule has 0 bridgehead atoms. The third-order valence-electron chi connectivity index (χ3n) is 5.42. The SMILES string of the molecule is CCC(OC1CCC(N(C)C(=O)Oc2ccc(Cl)cc2)CC1)N1C=CCC1. The Hall–Kier alpha value is -1.72. The maximum absolute atomic E-state index is 12.4. The Labute approximate surface area is 166 Å². The first-order valence-electron chi connectivity index (χ1n) is 9.85. The summed E-state index contributed by atoms with van der Waals surface area (Å²) in [6, 6.07) is 7.03. The molecule has 1 aromatic rings. The lowest BCUT2D eigenvalue weighted by Crippen LogP contribution is -2.43. The van der Waals surface area contributed by atoms with Gasteiger partial charge in [0.25, 0.3) is 0 Å². The molecule has 5 nitrogen and oxygen atoms in total. The molecule has 1 atom stereocenters. The molecule has 0 radical (unpaired) electrons. The summed E-state index contributed by atoms with van der Waals surface area (Å²) in [6.07, 6.45) is 10.4. The van der Waals surface area contributed by atoms with E-state index in [4.69, 9.17) is 21.1 Å². The average Bonchev–Trinajstić information content (AvgIpc) is 3.22. The van der Waals surface area contributed by atoms with Crippen molar-refractivity contribution in [2.75, 3.05) is 13.6 Å². The van der Waals surface area contributed by atoms with E-state index < -0.39 is 0 Å². The quantitative estimate of drug-likeness (QED) is 0.679. The molecule has 1 fully saturated rings. The summed E-state index contributed by atoms with van der Waals surface area (Å²) in [7, 11) is 1.81. The van der Waals surface area contributed by atoms with E-state index in [1.807, 2.05) is 7.05 Å². The second kappa shape index (κ2) is 9.47. The molecule has 1 saturated carbocycles. The van der Waals surface area contributed by atoms with E-state index in [1.54, 1.807) is 29.2 Å². The Balaban J connectivity index is 1.45. The van der Waals surface area contributed by atoms with Crippen molar-refractivity contribution < 1.29 is 14.3 Å². The summed E-state index contributed by atoms with van der Waals surface area (Å²) in [5, 5.41) is 0.622. The summed E-state index contributed by atoms with van der Waals surface area (Å²) in [6.45, 7) is 3.22. The standard InChI is InChI=1S/C21H29ClN2O3/c1-3-20(24-14-4-5-15-24)26-18-12-8-17(9-13-18)23(2)21(25)27-19-10-6-16(22)7-11-19/h4,6-7,10-11,14,17-18,20H,3,5,8-9,12-13,15H2,1-2H3. The molecular formula is C21H29ClN2O3. The predicted molar refractivity (Wildman–Crippen MR) is 107 cm³/mol. The van der Waals surface area contributed by atoms with Gasteiger partial charge in [-0.2, -0.15) is 0 Å². The van der Waals surface area contributed by atoms with Gasteiger partial charge in [-0.25, -0.2) is 4.79 Å². The van der Waals surface area contributed by atoms with Gasteiger partial charge in [0.2, 0.25) is 0 Å². The maximum atomic E-state index is 12.4. The molecule has 3 rings (SSSR count). The number of carbonyl (C=O) groups is 1. The van der Waals surface area contributed by atoms with E-state index in [2.05, 4.69) is 24.1 Å². The number of carbonyl (C=O) groups excluding carboxylic acids is 1. The van der Waals surface area contributed by atoms with Gasteiger partial charge >= 0.3 is 6.09 Å². The summed E-state index contributed by atoms with van der Waals surface area (Å²) < 4.78 is 11.8. The van der Waals surface area contributed by atoms with Crippen molar-refractivity contribution in [1.82, 2.24) is 9.80 Å². The number of nitrogens with zero attached hydrogens (tertiary/aromatic N) is 2. The number of halogens is 1. The number of benzene rings is 1. The monoisotopic (exact) mass is 392 g/mol. The number of amides is 1. The zero-order valence-electron chi connectivity index (χ0n) is 16.1. The van der Waals surface area contributed by atoms with Crippen molar-refractivity contribution in [3.8, 4) is 5.75 Å². The fourth-order valence-electron chi connectivity index (χ4n) is 3.77. The van der Waals surface area contributed by atoms with E-state index >= 15 is 0 Å². The minimum Gasteiger partial charge on any atom is -0.410 e. The summed E-state index contributed by atoms with van der Waals surface area (Å²) in [5.41, 5.74) is 0. The minimum absolute atomic E-state index is 0.165. The van der Waals surface area contributed by atoms with E-state index in [0.717, 1.165) is 45.1 Å². The smallest absolute Gasteiger partial charge is 0.410 e. The minimum atomic E-state index is -0.324. The molecule has 1 aliphatic carbocycles. The Kier molecular flexibility index (Phi) is 7.02. The van der Waals surface area contributed by atoms with Gasteiger partial charge < -0.3 is 19.3 Å². The van der Waals surface area contributed by atoms with Gasteiger partial charge in [-0.15, -0.1) is 0 Å². The van der Waals surface area contributed by atoms with Crippen molar-refractivity contribution >= 4 is 17.7 Å². The predicted octanol–water partition coefficient (Wildman–Crippen LogP) is 5.05. The number of hydrogen-bond acceptors (Lipinski definition) is 4. The molecule has 0 N–H and O–H groups in total. The normalized spacial score (nSPS) is 23.3. The first kappa shape index (κ1) is 20.0. The fraction of sp³-hybridized carbons (Fsp3) is 0.571. The highest BCUT2D eigenvalue weighted by molar-refractivity contribution is 6.30. The topological polar surface area (TPSA) is 42.0 Å². The molecule has 27 heavy (non-hydrogen) atoms. The zero-order valence-corrected chi connectivity index (χ0v) is 16.9. The third kappa shape index (κ3) is 5.39. The molecule has 2 aliphatic rings. The molecule has 1 unspecified atom stereocenters. The zero-order chi connectivity index (χ0) is 19.2. The first-order chi connectivity index (χ1) is 13.1. The van der Waals surface area contributed by atoms with E-state index in [9.17, 15) is 4.79 Å². The molecular weight excluding hydrogens is 364 g/mol. The van der Waals surface area contributed by atoms with Crippen LogP contribution >= 0.6 is 11.6 Å². The lowest BCUT2D eigenvalue weighted by Gasteiger charge is -2.37. The van der Waals surface area contributed by atoms with Gasteiger partial charge in [-0.05, 0) is 69.0 Å². The van der Waals surface area contributed by atoms with Gasteiger partial charge in [-0.1, -0.05) is 24.6 Å². The Morgan fingerprint density at radius 3 is 2.56 bits per heavy atom. The fourth-order valence-corrected chi connectivity index (χ4v) is 3.90. The van der Waals surface area contributed by atoms with E-state index in [1.165, 1.54) is 0 Å². The lowest BCUT2D eigenvalue weighted by atomic mass is 9.92. The average molecular weight is 393 g/mol. The van der Waals surface area contributed by atoms with Crippen molar-refractivity contribution in [3.63, 3.8) is 0 Å². The highest BCUT2D eigenvalue weighted by atomic mass is 35.5. The first-order valence-corrected chi connectivity index (χ1v) is 10.2. The molecule has 148 valence electrons. The largest absolute Gasteiger partial charge is 0.415 e. The van der Waals surface area contributed by atoms with Crippen LogP contribution in [0.2, 0.25) is 5.02 Å². The van der Waals surface area contributed by atoms with Crippen LogP contribution in [-0.4, -0.2) is 47.9 Å². The van der Waals surface area contributed by atoms with Crippen LogP contribution in [0.3, 0.4) is 0 Å². The molecule has 1 amide bonds. The lowest BCUT2D eigenvalue weighted by molar-refractivity contribution is -0.0965. The molecule has 0 spiro atoms.